The average Bonchev–Trinajstić information content (AvgIpc) is 2.21. The van der Waals surface area contributed by atoms with Gasteiger partial charge in [0.25, 0.3) is 0 Å². The molecule has 0 spiro atoms. The molecule has 0 aromatic heterocycles. The van der Waals surface area contributed by atoms with Crippen LogP contribution in [0, 0.1) is 0 Å². The van der Waals surface area contributed by atoms with Crippen LogP contribution in [0.25, 0.3) is 0 Å². The Bertz CT molecular complexity index is 44.1. The zero-order valence-corrected chi connectivity index (χ0v) is 3.44. The third kappa shape index (κ3) is 0.931. The molecule has 1 aliphatic carbocycles. The van der Waals surface area contributed by atoms with Crippen molar-refractivity contribution >= 4 is 0 Å². The summed E-state index contributed by atoms with van der Waals surface area (Å²) in [5, 5.41) is 7.92. The van der Waals surface area contributed by atoms with Crippen molar-refractivity contribution in [1.29, 1.82) is 0 Å². The molecule has 36 valence electrons. The van der Waals surface area contributed by atoms with Gasteiger partial charge in [-0.05, 0) is 12.8 Å². The highest BCUT2D eigenvalue weighted by Gasteiger charge is 2.19. The van der Waals surface area contributed by atoms with Gasteiger partial charge in [0.05, 0.1) is 0 Å². The minimum atomic E-state index is 0.537. The van der Waals surface area contributed by atoms with Crippen LogP contribution in [0.4, 0.5) is 0 Å². The van der Waals surface area contributed by atoms with E-state index in [1.54, 1.807) is 0 Å². The minimum Gasteiger partial charge on any atom is -0.302 e. The van der Waals surface area contributed by atoms with Crippen LogP contribution in [-0.4, -0.2) is 11.2 Å². The fraction of sp³-hybridized carbons (Fsp3) is 1.00. The Hall–Kier alpha value is -0.120. The van der Waals surface area contributed by atoms with E-state index in [4.69, 9.17) is 5.21 Å². The molecule has 0 unspecified atom stereocenters. The lowest BCUT2D eigenvalue weighted by Gasteiger charge is -1.91. The monoisotopic (exact) mass is 88.1 g/mol. The quantitative estimate of drug-likeness (QED) is 0.403. The van der Waals surface area contributed by atoms with Gasteiger partial charge >= 0.3 is 0 Å². The van der Waals surface area contributed by atoms with E-state index >= 15 is 0 Å². The standard InChI is InChI=1S/C3H8N2O/c6-5-4-3-1-2-3/h3-6H,1-2H2. The molecule has 3 heteroatoms. The van der Waals surface area contributed by atoms with Gasteiger partial charge in [-0.3, -0.25) is 0 Å². The fourth-order valence-corrected chi connectivity index (χ4v) is 0.319. The first-order valence-corrected chi connectivity index (χ1v) is 2.08. The topological polar surface area (TPSA) is 44.3 Å². The van der Waals surface area contributed by atoms with E-state index < -0.39 is 0 Å². The first kappa shape index (κ1) is 4.05. The molecule has 1 saturated carbocycles. The molecule has 0 radical (unpaired) electrons. The molecule has 3 N–H and O–H groups in total. The third-order valence-electron chi connectivity index (χ3n) is 0.846. The summed E-state index contributed by atoms with van der Waals surface area (Å²) in [4.78, 5) is 0. The maximum Gasteiger partial charge on any atom is 0.0235 e. The van der Waals surface area contributed by atoms with Crippen LogP contribution in [-0.2, 0) is 0 Å². The van der Waals surface area contributed by atoms with Crippen molar-refractivity contribution in [2.24, 2.45) is 0 Å². The minimum absolute atomic E-state index is 0.537. The Morgan fingerprint density at radius 2 is 2.17 bits per heavy atom. The van der Waals surface area contributed by atoms with Crippen LogP contribution in [0.3, 0.4) is 0 Å². The largest absolute Gasteiger partial charge is 0.302 e. The molecule has 3 nitrogen and oxygen atoms in total. The molecule has 0 saturated heterocycles. The molecule has 0 aliphatic heterocycles. The Morgan fingerprint density at radius 3 is 2.33 bits per heavy atom. The molecule has 0 aromatic carbocycles. The Balaban J connectivity index is 1.88. The lowest BCUT2D eigenvalue weighted by atomic mass is 10.8. The predicted octanol–water partition coefficient (Wildman–Crippen LogP) is -0.368. The summed E-state index contributed by atoms with van der Waals surface area (Å²) >= 11 is 0. The Kier molecular flexibility index (Phi) is 1.05. The van der Waals surface area contributed by atoms with E-state index in [1.165, 1.54) is 12.8 Å². The second-order valence-electron chi connectivity index (χ2n) is 1.53. The van der Waals surface area contributed by atoms with Crippen LogP contribution in [0.2, 0.25) is 0 Å². The second kappa shape index (κ2) is 1.55. The molecule has 1 rings (SSSR count). The first-order valence-electron chi connectivity index (χ1n) is 2.08. The van der Waals surface area contributed by atoms with Gasteiger partial charge in [-0.15, -0.1) is 5.59 Å². The van der Waals surface area contributed by atoms with Gasteiger partial charge in [-0.1, -0.05) is 0 Å². The van der Waals surface area contributed by atoms with Crippen LogP contribution in [0.1, 0.15) is 12.8 Å². The normalized spacial score (nSPS) is 21.5. The summed E-state index contributed by atoms with van der Waals surface area (Å²) in [5.41, 5.74) is 4.50. The van der Waals surface area contributed by atoms with Crippen molar-refractivity contribution in [1.82, 2.24) is 11.0 Å². The van der Waals surface area contributed by atoms with Gasteiger partial charge in [-0.25, -0.2) is 5.43 Å². The van der Waals surface area contributed by atoms with Gasteiger partial charge in [-0.2, -0.15) is 0 Å². The second-order valence-corrected chi connectivity index (χ2v) is 1.53. The van der Waals surface area contributed by atoms with Gasteiger partial charge in [0.15, 0.2) is 0 Å². The summed E-state index contributed by atoms with van der Waals surface area (Å²) in [7, 11) is 0. The van der Waals surface area contributed by atoms with Gasteiger partial charge in [0.2, 0.25) is 0 Å². The number of nitrogens with one attached hydrogen (secondary N) is 2. The third-order valence-corrected chi connectivity index (χ3v) is 0.846. The van der Waals surface area contributed by atoms with Crippen LogP contribution in [0.5, 0.6) is 0 Å². The van der Waals surface area contributed by atoms with Crippen molar-refractivity contribution in [2.45, 2.75) is 18.9 Å². The summed E-state index contributed by atoms with van der Waals surface area (Å²) in [6.07, 6.45) is 2.38. The summed E-state index contributed by atoms with van der Waals surface area (Å²) in [5.74, 6) is 0. The summed E-state index contributed by atoms with van der Waals surface area (Å²) in [6.45, 7) is 0. The van der Waals surface area contributed by atoms with E-state index in [2.05, 4.69) is 5.43 Å². The van der Waals surface area contributed by atoms with Crippen molar-refractivity contribution < 1.29 is 5.21 Å². The number of hydrogen-bond donors (Lipinski definition) is 3. The molecule has 0 amide bonds. The number of rotatable bonds is 2. The molecule has 6 heavy (non-hydrogen) atoms. The summed E-state index contributed by atoms with van der Waals surface area (Å²) < 4.78 is 0. The molecule has 1 aliphatic rings. The Labute approximate surface area is 36.3 Å². The maximum atomic E-state index is 7.92. The lowest BCUT2D eigenvalue weighted by Crippen LogP contribution is -2.29. The lowest BCUT2D eigenvalue weighted by molar-refractivity contribution is 0.118. The predicted molar refractivity (Wildman–Crippen MR) is 21.1 cm³/mol. The van der Waals surface area contributed by atoms with Gasteiger partial charge in [0, 0.05) is 6.04 Å². The van der Waals surface area contributed by atoms with Crippen molar-refractivity contribution in [2.75, 3.05) is 0 Å². The molecule has 0 atom stereocenters. The smallest absolute Gasteiger partial charge is 0.0235 e. The fourth-order valence-electron chi connectivity index (χ4n) is 0.319. The highest BCUT2D eigenvalue weighted by atomic mass is 16.5. The first-order chi connectivity index (χ1) is 2.93. The van der Waals surface area contributed by atoms with Gasteiger partial charge < -0.3 is 5.21 Å². The molecule has 0 heterocycles. The number of hydrazine groups is 1. The van der Waals surface area contributed by atoms with Crippen molar-refractivity contribution in [3.63, 3.8) is 0 Å². The van der Waals surface area contributed by atoms with Gasteiger partial charge in [0.1, 0.15) is 0 Å². The molecule has 0 aromatic rings. The summed E-state index contributed by atoms with van der Waals surface area (Å²) in [6, 6.07) is 0.537. The van der Waals surface area contributed by atoms with Crippen molar-refractivity contribution in [3.05, 3.63) is 0 Å². The van der Waals surface area contributed by atoms with Crippen LogP contribution >= 0.6 is 0 Å². The molecular weight excluding hydrogens is 80.0 g/mol. The maximum absolute atomic E-state index is 7.92. The Morgan fingerprint density at radius 1 is 1.50 bits per heavy atom. The zero-order valence-electron chi connectivity index (χ0n) is 3.44. The van der Waals surface area contributed by atoms with E-state index in [9.17, 15) is 0 Å². The van der Waals surface area contributed by atoms with Crippen molar-refractivity contribution in [3.8, 4) is 0 Å². The molecule has 1 fully saturated rings. The average molecular weight is 88.1 g/mol. The highest BCUT2D eigenvalue weighted by Crippen LogP contribution is 2.16. The van der Waals surface area contributed by atoms with E-state index in [0.29, 0.717) is 6.04 Å². The SMILES string of the molecule is ONNC1CC1. The number of hydrogen-bond acceptors (Lipinski definition) is 3. The molecule has 0 bridgehead atoms. The van der Waals surface area contributed by atoms with Crippen LogP contribution < -0.4 is 11.0 Å². The van der Waals surface area contributed by atoms with E-state index in [0.717, 1.165) is 0 Å². The van der Waals surface area contributed by atoms with Crippen LogP contribution in [0.15, 0.2) is 0 Å². The highest BCUT2D eigenvalue weighted by molar-refractivity contribution is 4.77. The van der Waals surface area contributed by atoms with E-state index in [-0.39, 0.29) is 0 Å². The zero-order chi connectivity index (χ0) is 4.41. The molecular formula is C3H8N2O. The van der Waals surface area contributed by atoms with E-state index in [1.807, 2.05) is 5.59 Å².